The van der Waals surface area contributed by atoms with Crippen LogP contribution in [0, 0.1) is 5.92 Å². The lowest BCUT2D eigenvalue weighted by atomic mass is 10.1. The number of ether oxygens (including phenoxy) is 1. The molecule has 0 aliphatic rings. The van der Waals surface area contributed by atoms with Gasteiger partial charge < -0.3 is 10.5 Å². The van der Waals surface area contributed by atoms with Gasteiger partial charge in [-0.3, -0.25) is 0 Å². The van der Waals surface area contributed by atoms with E-state index in [9.17, 15) is 13.2 Å². The van der Waals surface area contributed by atoms with Crippen molar-refractivity contribution in [2.75, 3.05) is 13.2 Å². The zero-order chi connectivity index (χ0) is 9.78. The summed E-state index contributed by atoms with van der Waals surface area (Å²) in [5.74, 6) is 0.0114. The van der Waals surface area contributed by atoms with Crippen molar-refractivity contribution in [3.63, 3.8) is 0 Å². The minimum absolute atomic E-state index is 0.0114. The maximum atomic E-state index is 11.6. The minimum Gasteiger partial charge on any atom is -0.367 e. The smallest absolute Gasteiger partial charge is 0.367 e. The molecule has 0 rings (SSSR count). The van der Waals surface area contributed by atoms with E-state index in [0.717, 1.165) is 0 Å². The van der Waals surface area contributed by atoms with Crippen LogP contribution in [0.4, 0.5) is 13.2 Å². The summed E-state index contributed by atoms with van der Waals surface area (Å²) in [5.41, 5.74) is 5.21. The number of nitrogens with two attached hydrogens (primary N) is 1. The monoisotopic (exact) mass is 185 g/mol. The van der Waals surface area contributed by atoms with Crippen LogP contribution in [0.1, 0.15) is 13.8 Å². The van der Waals surface area contributed by atoms with Crippen molar-refractivity contribution in [3.8, 4) is 0 Å². The summed E-state index contributed by atoms with van der Waals surface area (Å²) >= 11 is 0. The predicted octanol–water partition coefficient (Wildman–Crippen LogP) is 1.55. The van der Waals surface area contributed by atoms with E-state index < -0.39 is 18.9 Å². The van der Waals surface area contributed by atoms with Crippen molar-refractivity contribution in [2.24, 2.45) is 11.7 Å². The first-order valence-corrected chi connectivity index (χ1v) is 3.75. The highest BCUT2D eigenvalue weighted by atomic mass is 19.4. The van der Waals surface area contributed by atoms with Crippen LogP contribution < -0.4 is 5.73 Å². The van der Waals surface area contributed by atoms with Gasteiger partial charge in [-0.25, -0.2) is 0 Å². The van der Waals surface area contributed by atoms with E-state index in [4.69, 9.17) is 5.73 Å². The van der Waals surface area contributed by atoms with Gasteiger partial charge in [-0.15, -0.1) is 0 Å². The highest BCUT2D eigenvalue weighted by molar-refractivity contribution is 4.63. The average molecular weight is 185 g/mol. The van der Waals surface area contributed by atoms with Crippen molar-refractivity contribution in [1.29, 1.82) is 0 Å². The standard InChI is InChI=1S/C7H14F3NO/c1-5(2)6(3-11)12-4-7(8,9)10/h5-6H,3-4,11H2,1-2H3. The number of rotatable bonds is 4. The lowest BCUT2D eigenvalue weighted by Gasteiger charge is -2.20. The number of hydrogen-bond donors (Lipinski definition) is 1. The summed E-state index contributed by atoms with van der Waals surface area (Å²) in [6.45, 7) is 2.45. The number of hydrogen-bond acceptors (Lipinski definition) is 2. The van der Waals surface area contributed by atoms with Crippen LogP contribution in [0.3, 0.4) is 0 Å². The first-order chi connectivity index (χ1) is 5.37. The van der Waals surface area contributed by atoms with Gasteiger partial charge in [-0.1, -0.05) is 13.8 Å². The summed E-state index contributed by atoms with van der Waals surface area (Å²) in [7, 11) is 0. The Morgan fingerprint density at radius 3 is 2.08 bits per heavy atom. The Kier molecular flexibility index (Phi) is 4.55. The highest BCUT2D eigenvalue weighted by Crippen LogP contribution is 2.17. The van der Waals surface area contributed by atoms with Crippen molar-refractivity contribution in [2.45, 2.75) is 26.1 Å². The number of alkyl halides is 3. The SMILES string of the molecule is CC(C)C(CN)OCC(F)(F)F. The molecule has 0 saturated heterocycles. The van der Waals surface area contributed by atoms with E-state index in [1.54, 1.807) is 13.8 Å². The maximum Gasteiger partial charge on any atom is 0.411 e. The van der Waals surface area contributed by atoms with E-state index in [1.807, 2.05) is 0 Å². The summed E-state index contributed by atoms with van der Waals surface area (Å²) in [4.78, 5) is 0. The molecule has 2 N–H and O–H groups in total. The molecule has 5 heteroatoms. The van der Waals surface area contributed by atoms with Gasteiger partial charge in [0.2, 0.25) is 0 Å². The van der Waals surface area contributed by atoms with Crippen LogP contribution in [-0.2, 0) is 4.74 Å². The van der Waals surface area contributed by atoms with Gasteiger partial charge in [-0.2, -0.15) is 13.2 Å². The Hall–Kier alpha value is -0.290. The molecule has 1 unspecified atom stereocenters. The van der Waals surface area contributed by atoms with Gasteiger partial charge in [-0.05, 0) is 5.92 Å². The molecular formula is C7H14F3NO. The van der Waals surface area contributed by atoms with Crippen LogP contribution in [0.5, 0.6) is 0 Å². The second kappa shape index (κ2) is 4.67. The van der Waals surface area contributed by atoms with Crippen molar-refractivity contribution < 1.29 is 17.9 Å². The fourth-order valence-electron chi connectivity index (χ4n) is 0.734. The van der Waals surface area contributed by atoms with Crippen molar-refractivity contribution in [3.05, 3.63) is 0 Å². The minimum atomic E-state index is -4.26. The fraction of sp³-hybridized carbons (Fsp3) is 1.00. The summed E-state index contributed by atoms with van der Waals surface area (Å²) < 4.78 is 39.5. The number of halogens is 3. The molecule has 1 atom stereocenters. The lowest BCUT2D eigenvalue weighted by Crippen LogP contribution is -2.32. The average Bonchev–Trinajstić information content (AvgIpc) is 1.85. The van der Waals surface area contributed by atoms with Gasteiger partial charge in [0.25, 0.3) is 0 Å². The van der Waals surface area contributed by atoms with E-state index in [0.29, 0.717) is 0 Å². The second-order valence-electron chi connectivity index (χ2n) is 2.94. The molecule has 74 valence electrons. The Balaban J connectivity index is 3.73. The third-order valence-electron chi connectivity index (χ3n) is 1.44. The molecular weight excluding hydrogens is 171 g/mol. The Bertz CT molecular complexity index is 124. The van der Waals surface area contributed by atoms with Gasteiger partial charge in [0.1, 0.15) is 6.61 Å². The van der Waals surface area contributed by atoms with E-state index in [-0.39, 0.29) is 12.5 Å². The molecule has 0 aromatic rings. The highest BCUT2D eigenvalue weighted by Gasteiger charge is 2.29. The molecule has 0 aliphatic carbocycles. The third-order valence-corrected chi connectivity index (χ3v) is 1.44. The van der Waals surface area contributed by atoms with Gasteiger partial charge >= 0.3 is 6.18 Å². The molecule has 0 heterocycles. The fourth-order valence-corrected chi connectivity index (χ4v) is 0.734. The molecule has 0 bridgehead atoms. The molecule has 0 aromatic heterocycles. The van der Waals surface area contributed by atoms with E-state index in [1.165, 1.54) is 0 Å². The van der Waals surface area contributed by atoms with Gasteiger partial charge in [0.05, 0.1) is 6.10 Å². The normalized spacial score (nSPS) is 15.2. The van der Waals surface area contributed by atoms with Crippen LogP contribution in [0.2, 0.25) is 0 Å². The molecule has 0 radical (unpaired) electrons. The van der Waals surface area contributed by atoms with Gasteiger partial charge in [0.15, 0.2) is 0 Å². The summed E-state index contributed by atoms with van der Waals surface area (Å²) in [5, 5.41) is 0. The molecule has 2 nitrogen and oxygen atoms in total. The lowest BCUT2D eigenvalue weighted by molar-refractivity contribution is -0.188. The maximum absolute atomic E-state index is 11.6. The molecule has 12 heavy (non-hydrogen) atoms. The Labute approximate surface area is 69.9 Å². The quantitative estimate of drug-likeness (QED) is 0.721. The van der Waals surface area contributed by atoms with Crippen LogP contribution >= 0.6 is 0 Å². The van der Waals surface area contributed by atoms with Gasteiger partial charge in [0, 0.05) is 6.54 Å². The molecule has 0 amide bonds. The van der Waals surface area contributed by atoms with Crippen molar-refractivity contribution in [1.82, 2.24) is 0 Å². The Morgan fingerprint density at radius 2 is 1.83 bits per heavy atom. The van der Waals surface area contributed by atoms with E-state index >= 15 is 0 Å². The molecule has 0 aliphatic heterocycles. The molecule has 0 aromatic carbocycles. The van der Waals surface area contributed by atoms with Crippen LogP contribution in [-0.4, -0.2) is 25.4 Å². The first-order valence-electron chi connectivity index (χ1n) is 3.75. The Morgan fingerprint density at radius 1 is 1.33 bits per heavy atom. The molecule has 0 spiro atoms. The van der Waals surface area contributed by atoms with Crippen LogP contribution in [0.25, 0.3) is 0 Å². The summed E-state index contributed by atoms with van der Waals surface area (Å²) in [6, 6.07) is 0. The zero-order valence-electron chi connectivity index (χ0n) is 7.19. The zero-order valence-corrected chi connectivity index (χ0v) is 7.19. The summed E-state index contributed by atoms with van der Waals surface area (Å²) in [6.07, 6.45) is -4.77. The third kappa shape index (κ3) is 5.37. The first kappa shape index (κ1) is 11.7. The van der Waals surface area contributed by atoms with Crippen molar-refractivity contribution >= 4 is 0 Å². The predicted molar refractivity (Wildman–Crippen MR) is 39.7 cm³/mol. The van der Waals surface area contributed by atoms with Crippen LogP contribution in [0.15, 0.2) is 0 Å². The van der Waals surface area contributed by atoms with E-state index in [2.05, 4.69) is 4.74 Å². The molecule has 0 saturated carbocycles. The largest absolute Gasteiger partial charge is 0.411 e. The molecule has 0 fully saturated rings. The second-order valence-corrected chi connectivity index (χ2v) is 2.94. The topological polar surface area (TPSA) is 35.2 Å².